The van der Waals surface area contributed by atoms with E-state index in [1.54, 1.807) is 66.7 Å². The van der Waals surface area contributed by atoms with E-state index in [9.17, 15) is 24.5 Å². The van der Waals surface area contributed by atoms with Crippen molar-refractivity contribution in [2.24, 2.45) is 5.10 Å². The van der Waals surface area contributed by atoms with Crippen LogP contribution in [0.2, 0.25) is 5.02 Å². The number of carbonyl (C=O) groups excluding carboxylic acids is 3. The fourth-order valence-corrected chi connectivity index (χ4v) is 5.46. The van der Waals surface area contributed by atoms with Gasteiger partial charge in [-0.3, -0.25) is 19.7 Å². The fourth-order valence-electron chi connectivity index (χ4n) is 4.04. The van der Waals surface area contributed by atoms with Gasteiger partial charge >= 0.3 is 5.97 Å². The number of esters is 1. The lowest BCUT2D eigenvalue weighted by atomic mass is 10.1. The van der Waals surface area contributed by atoms with Crippen molar-refractivity contribution < 1.29 is 24.0 Å². The van der Waals surface area contributed by atoms with Crippen LogP contribution in [-0.4, -0.2) is 28.9 Å². The van der Waals surface area contributed by atoms with E-state index in [-0.39, 0.29) is 27.2 Å². The van der Waals surface area contributed by atoms with Crippen molar-refractivity contribution in [2.45, 2.75) is 6.92 Å². The summed E-state index contributed by atoms with van der Waals surface area (Å²) in [6, 6.07) is 24.2. The Bertz CT molecular complexity index is 1920. The fraction of sp³-hybridized carbons (Fsp3) is 0.0323. The zero-order valence-corrected chi connectivity index (χ0v) is 23.9. The summed E-state index contributed by atoms with van der Waals surface area (Å²) in [5.74, 6) is -1.33. The van der Waals surface area contributed by atoms with E-state index in [1.807, 2.05) is 13.0 Å². The molecule has 2 amide bonds. The van der Waals surface area contributed by atoms with Crippen LogP contribution in [0.4, 0.5) is 11.4 Å². The number of anilines is 1. The van der Waals surface area contributed by atoms with Crippen LogP contribution in [0.1, 0.15) is 41.5 Å². The second-order valence-electron chi connectivity index (χ2n) is 9.21. The Morgan fingerprint density at radius 2 is 1.70 bits per heavy atom. The first kappa shape index (κ1) is 29.1. The van der Waals surface area contributed by atoms with Crippen molar-refractivity contribution in [3.63, 3.8) is 0 Å². The van der Waals surface area contributed by atoms with Crippen LogP contribution >= 0.6 is 22.9 Å². The molecule has 10 nitrogen and oxygen atoms in total. The summed E-state index contributed by atoms with van der Waals surface area (Å²) >= 11 is 7.37. The Morgan fingerprint density at radius 1 is 0.930 bits per heavy atom. The number of ether oxygens (including phenoxy) is 1. The van der Waals surface area contributed by atoms with Crippen LogP contribution in [0.5, 0.6) is 5.75 Å². The predicted molar refractivity (Wildman–Crippen MR) is 166 cm³/mol. The summed E-state index contributed by atoms with van der Waals surface area (Å²) in [5.41, 5.74) is 5.04. The lowest BCUT2D eigenvalue weighted by molar-refractivity contribution is -0.384. The van der Waals surface area contributed by atoms with Gasteiger partial charge in [0, 0.05) is 44.6 Å². The summed E-state index contributed by atoms with van der Waals surface area (Å²) in [7, 11) is 0. The van der Waals surface area contributed by atoms with Gasteiger partial charge in [0.25, 0.3) is 17.5 Å². The minimum absolute atomic E-state index is 0.0933. The zero-order valence-electron chi connectivity index (χ0n) is 22.4. The first-order valence-electron chi connectivity index (χ1n) is 12.7. The van der Waals surface area contributed by atoms with Crippen LogP contribution in [0, 0.1) is 17.0 Å². The molecule has 214 valence electrons. The number of nitrogens with zero attached hydrogens (tertiary/aromatic N) is 2. The maximum atomic E-state index is 13.0. The standard InChI is InChI=1S/C31H21ClN4O6S/c1-18-5-4-7-20(15-18)29(37)34-22-11-9-19(10-12-22)30(38)35-33-17-21-6-2-3-8-25(21)42-31(39)28-27(32)24-14-13-23(36(40)41)16-26(24)43-28/h2-17H,1H3,(H,34,37)(H,35,38)/b33-17-. The molecule has 0 saturated heterocycles. The molecule has 0 spiro atoms. The first-order valence-corrected chi connectivity index (χ1v) is 13.9. The van der Waals surface area contributed by atoms with Gasteiger partial charge in [-0.15, -0.1) is 11.3 Å². The van der Waals surface area contributed by atoms with E-state index in [0.717, 1.165) is 16.9 Å². The summed E-state index contributed by atoms with van der Waals surface area (Å²) in [6.45, 7) is 1.90. The molecule has 4 aromatic carbocycles. The van der Waals surface area contributed by atoms with Crippen LogP contribution in [0.25, 0.3) is 10.1 Å². The molecule has 2 N–H and O–H groups in total. The topological polar surface area (TPSA) is 140 Å². The number of halogens is 1. The molecule has 0 bridgehead atoms. The number of nitro benzene ring substituents is 1. The maximum Gasteiger partial charge on any atom is 0.355 e. The molecule has 0 unspecified atom stereocenters. The number of nitrogens with one attached hydrogen (secondary N) is 2. The summed E-state index contributed by atoms with van der Waals surface area (Å²) < 4.78 is 6.04. The third kappa shape index (κ3) is 6.75. The average Bonchev–Trinajstić information content (AvgIpc) is 3.34. The molecule has 43 heavy (non-hydrogen) atoms. The first-order chi connectivity index (χ1) is 20.7. The normalized spacial score (nSPS) is 10.9. The van der Waals surface area contributed by atoms with E-state index in [1.165, 1.54) is 24.4 Å². The highest BCUT2D eigenvalue weighted by Gasteiger charge is 2.21. The number of thiophene rings is 1. The van der Waals surface area contributed by atoms with Crippen molar-refractivity contribution in [3.8, 4) is 5.75 Å². The third-order valence-corrected chi connectivity index (χ3v) is 7.82. The highest BCUT2D eigenvalue weighted by molar-refractivity contribution is 7.21. The molecule has 5 rings (SSSR count). The third-order valence-electron chi connectivity index (χ3n) is 6.19. The number of fused-ring (bicyclic) bond motifs is 1. The lowest BCUT2D eigenvalue weighted by Crippen LogP contribution is -2.18. The van der Waals surface area contributed by atoms with Crippen LogP contribution < -0.4 is 15.5 Å². The number of carbonyl (C=O) groups is 3. The molecular weight excluding hydrogens is 592 g/mol. The molecular formula is C31H21ClN4O6S. The number of aryl methyl sites for hydroxylation is 1. The SMILES string of the molecule is Cc1cccc(C(=O)Nc2ccc(C(=O)N/N=C\c3ccccc3OC(=O)c3sc4cc([N+](=O)[O-])ccc4c3Cl)cc2)c1. The van der Waals surface area contributed by atoms with E-state index in [0.29, 0.717) is 32.5 Å². The second-order valence-corrected chi connectivity index (χ2v) is 10.6. The minimum atomic E-state index is -0.742. The summed E-state index contributed by atoms with van der Waals surface area (Å²) in [4.78, 5) is 48.7. The molecule has 12 heteroatoms. The lowest BCUT2D eigenvalue weighted by Gasteiger charge is -2.07. The second kappa shape index (κ2) is 12.6. The molecule has 0 atom stereocenters. The number of benzene rings is 4. The molecule has 1 aromatic heterocycles. The molecule has 0 saturated carbocycles. The molecule has 0 aliphatic rings. The largest absolute Gasteiger partial charge is 0.422 e. The van der Waals surface area contributed by atoms with Crippen molar-refractivity contribution in [1.29, 1.82) is 0 Å². The average molecular weight is 613 g/mol. The molecule has 0 aliphatic carbocycles. The summed E-state index contributed by atoms with van der Waals surface area (Å²) in [5, 5.41) is 18.5. The van der Waals surface area contributed by atoms with Gasteiger partial charge in [-0.25, -0.2) is 10.2 Å². The number of amides is 2. The van der Waals surface area contributed by atoms with Crippen LogP contribution in [0.3, 0.4) is 0 Å². The smallest absolute Gasteiger partial charge is 0.355 e. The zero-order chi connectivity index (χ0) is 30.5. The molecule has 0 aliphatic heterocycles. The van der Waals surface area contributed by atoms with Crippen LogP contribution in [-0.2, 0) is 0 Å². The monoisotopic (exact) mass is 612 g/mol. The summed E-state index contributed by atoms with van der Waals surface area (Å²) in [6.07, 6.45) is 1.33. The Labute approximate surface area is 253 Å². The predicted octanol–water partition coefficient (Wildman–Crippen LogP) is 7.01. The van der Waals surface area contributed by atoms with Crippen LogP contribution in [0.15, 0.2) is 96.1 Å². The molecule has 0 fully saturated rings. The van der Waals surface area contributed by atoms with Gasteiger partial charge in [0.2, 0.25) is 0 Å². The van der Waals surface area contributed by atoms with Crippen molar-refractivity contribution in [3.05, 3.63) is 133 Å². The van der Waals surface area contributed by atoms with Gasteiger partial charge in [-0.1, -0.05) is 41.4 Å². The molecule has 5 aromatic rings. The maximum absolute atomic E-state index is 13.0. The van der Waals surface area contributed by atoms with Gasteiger partial charge < -0.3 is 10.1 Å². The number of hydrazone groups is 1. The molecule has 1 heterocycles. The number of rotatable bonds is 8. The van der Waals surface area contributed by atoms with Crippen molar-refractivity contribution >= 4 is 68.4 Å². The Kier molecular flexibility index (Phi) is 8.56. The quantitative estimate of drug-likeness (QED) is 0.0635. The van der Waals surface area contributed by atoms with Gasteiger partial charge in [0.15, 0.2) is 0 Å². The molecule has 0 radical (unpaired) electrons. The number of non-ortho nitro benzene ring substituents is 1. The Balaban J connectivity index is 1.23. The number of hydrogen-bond acceptors (Lipinski definition) is 8. The Hall–Kier alpha value is -5.39. The van der Waals surface area contributed by atoms with E-state index in [2.05, 4.69) is 15.8 Å². The van der Waals surface area contributed by atoms with Gasteiger partial charge in [0.1, 0.15) is 10.6 Å². The number of hydrogen-bond donors (Lipinski definition) is 2. The van der Waals surface area contributed by atoms with Crippen molar-refractivity contribution in [1.82, 2.24) is 5.43 Å². The van der Waals surface area contributed by atoms with Gasteiger partial charge in [0.05, 0.1) is 16.2 Å². The van der Waals surface area contributed by atoms with Crippen molar-refractivity contribution in [2.75, 3.05) is 5.32 Å². The van der Waals surface area contributed by atoms with Gasteiger partial charge in [-0.05, 0) is 61.5 Å². The van der Waals surface area contributed by atoms with E-state index in [4.69, 9.17) is 16.3 Å². The number of nitro groups is 1. The number of para-hydroxylation sites is 1. The Morgan fingerprint density at radius 3 is 2.44 bits per heavy atom. The minimum Gasteiger partial charge on any atom is -0.422 e. The van der Waals surface area contributed by atoms with E-state index >= 15 is 0 Å². The van der Waals surface area contributed by atoms with Gasteiger partial charge in [-0.2, -0.15) is 5.10 Å². The van der Waals surface area contributed by atoms with E-state index < -0.39 is 16.8 Å². The highest BCUT2D eigenvalue weighted by atomic mass is 35.5. The highest BCUT2D eigenvalue weighted by Crippen LogP contribution is 2.38.